The van der Waals surface area contributed by atoms with Crippen molar-refractivity contribution in [1.29, 1.82) is 0 Å². The van der Waals surface area contributed by atoms with Crippen LogP contribution in [0.4, 0.5) is 10.5 Å². The van der Waals surface area contributed by atoms with Gasteiger partial charge in [-0.05, 0) is 5.56 Å². The fourth-order valence-corrected chi connectivity index (χ4v) is 3.13. The molecule has 0 radical (unpaired) electrons. The van der Waals surface area contributed by atoms with Gasteiger partial charge in [-0.3, -0.25) is 14.9 Å². The lowest BCUT2D eigenvalue weighted by Crippen LogP contribution is -2.43. The molecule has 2 aromatic rings. The number of nitrogens with one attached hydrogen (secondary N) is 2. The Morgan fingerprint density at radius 1 is 1.00 bits per heavy atom. The Balaban J connectivity index is 1.87. The van der Waals surface area contributed by atoms with Crippen LogP contribution in [0, 0.1) is 10.1 Å². The zero-order valence-electron chi connectivity index (χ0n) is 12.3. The molecule has 0 saturated heterocycles. The van der Waals surface area contributed by atoms with Crippen molar-refractivity contribution in [3.8, 4) is 0 Å². The monoisotopic (exact) mass is 321 g/mol. The van der Waals surface area contributed by atoms with Crippen molar-refractivity contribution in [2.75, 3.05) is 0 Å². The minimum Gasteiger partial charge on any atom is -0.327 e. The minimum absolute atomic E-state index is 0.0922. The minimum atomic E-state index is -0.728. The number of hydrogen-bond donors (Lipinski definition) is 2. The van der Waals surface area contributed by atoms with Crippen LogP contribution >= 0.6 is 0 Å². The standard InChI is InChI=1S/C17H11N3O4/c21-16-12-7-2-1-6-11(12)15-13(16)14(18-17(22)19-15)9-4-3-5-10(8-9)20(23)24/h1-8,14H,(H2,18,19,22). The summed E-state index contributed by atoms with van der Waals surface area (Å²) >= 11 is 0. The van der Waals surface area contributed by atoms with Crippen molar-refractivity contribution in [3.63, 3.8) is 0 Å². The van der Waals surface area contributed by atoms with Crippen LogP contribution in [-0.2, 0) is 0 Å². The van der Waals surface area contributed by atoms with E-state index in [0.717, 1.165) is 0 Å². The molecule has 4 rings (SSSR count). The summed E-state index contributed by atoms with van der Waals surface area (Å²) in [6.45, 7) is 0. The predicted molar refractivity (Wildman–Crippen MR) is 85.2 cm³/mol. The normalized spacial score (nSPS) is 18.6. The number of nitrogens with zero attached hydrogens (tertiary/aromatic N) is 1. The van der Waals surface area contributed by atoms with Gasteiger partial charge in [0.15, 0.2) is 5.78 Å². The van der Waals surface area contributed by atoms with Gasteiger partial charge in [-0.15, -0.1) is 0 Å². The highest BCUT2D eigenvalue weighted by Gasteiger charge is 2.39. The first-order valence-corrected chi connectivity index (χ1v) is 7.26. The number of urea groups is 1. The Hall–Kier alpha value is -3.48. The number of fused-ring (bicyclic) bond motifs is 2. The summed E-state index contributed by atoms with van der Waals surface area (Å²) in [5.41, 5.74) is 2.45. The molecular weight excluding hydrogens is 310 g/mol. The van der Waals surface area contributed by atoms with Gasteiger partial charge in [-0.2, -0.15) is 0 Å². The lowest BCUT2D eigenvalue weighted by atomic mass is 9.94. The smallest absolute Gasteiger partial charge is 0.320 e. The van der Waals surface area contributed by atoms with E-state index in [2.05, 4.69) is 10.6 Å². The average molecular weight is 321 g/mol. The Morgan fingerprint density at radius 3 is 2.50 bits per heavy atom. The van der Waals surface area contributed by atoms with Crippen LogP contribution in [0.15, 0.2) is 54.1 Å². The van der Waals surface area contributed by atoms with E-state index in [1.165, 1.54) is 18.2 Å². The van der Waals surface area contributed by atoms with E-state index in [9.17, 15) is 19.7 Å². The molecule has 1 unspecified atom stereocenters. The lowest BCUT2D eigenvalue weighted by Gasteiger charge is -2.26. The van der Waals surface area contributed by atoms with E-state index in [4.69, 9.17) is 0 Å². The van der Waals surface area contributed by atoms with E-state index in [-0.39, 0.29) is 11.5 Å². The molecule has 1 aliphatic carbocycles. The van der Waals surface area contributed by atoms with Gasteiger partial charge >= 0.3 is 6.03 Å². The van der Waals surface area contributed by atoms with E-state index in [0.29, 0.717) is 28.0 Å². The maximum absolute atomic E-state index is 12.8. The molecule has 7 nitrogen and oxygen atoms in total. The first kappa shape index (κ1) is 14.1. The third-order valence-corrected chi connectivity index (χ3v) is 4.17. The molecule has 24 heavy (non-hydrogen) atoms. The van der Waals surface area contributed by atoms with Gasteiger partial charge in [-0.1, -0.05) is 36.4 Å². The van der Waals surface area contributed by atoms with E-state index in [1.54, 1.807) is 30.3 Å². The zero-order valence-corrected chi connectivity index (χ0v) is 12.3. The van der Waals surface area contributed by atoms with Gasteiger partial charge in [0.1, 0.15) is 0 Å². The van der Waals surface area contributed by atoms with Crippen LogP contribution in [0.5, 0.6) is 0 Å². The second-order valence-electron chi connectivity index (χ2n) is 5.55. The SMILES string of the molecule is O=C1NC2=C(C(=O)c3ccccc32)C(c2cccc([N+](=O)[O-])c2)N1. The van der Waals surface area contributed by atoms with Gasteiger partial charge in [0.25, 0.3) is 5.69 Å². The first-order chi connectivity index (χ1) is 11.6. The second-order valence-corrected chi connectivity index (χ2v) is 5.55. The fraction of sp³-hybridized carbons (Fsp3) is 0.0588. The summed E-state index contributed by atoms with van der Waals surface area (Å²) < 4.78 is 0. The molecule has 2 aromatic carbocycles. The van der Waals surface area contributed by atoms with Gasteiger partial charge in [-0.25, -0.2) is 4.79 Å². The van der Waals surface area contributed by atoms with Gasteiger partial charge in [0.05, 0.1) is 22.2 Å². The fourth-order valence-electron chi connectivity index (χ4n) is 3.13. The molecule has 1 aliphatic heterocycles. The number of Topliss-reactive ketones (excluding diaryl/α,β-unsaturated/α-hetero) is 1. The molecule has 0 saturated carbocycles. The van der Waals surface area contributed by atoms with Gasteiger partial charge < -0.3 is 10.6 Å². The van der Waals surface area contributed by atoms with Crippen molar-refractivity contribution in [3.05, 3.63) is 80.9 Å². The Morgan fingerprint density at radius 2 is 1.75 bits per heavy atom. The molecule has 2 aliphatic rings. The largest absolute Gasteiger partial charge is 0.327 e. The van der Waals surface area contributed by atoms with Crippen LogP contribution in [0.3, 0.4) is 0 Å². The third-order valence-electron chi connectivity index (χ3n) is 4.17. The Labute approximate surface area is 136 Å². The zero-order chi connectivity index (χ0) is 16.8. The number of non-ortho nitro benzene ring substituents is 1. The van der Waals surface area contributed by atoms with Crippen molar-refractivity contribution < 1.29 is 14.5 Å². The molecule has 7 heteroatoms. The predicted octanol–water partition coefficient (Wildman–Crippen LogP) is 2.56. The number of hydrogen-bond acceptors (Lipinski definition) is 4. The highest BCUT2D eigenvalue weighted by molar-refractivity contribution is 6.23. The topological polar surface area (TPSA) is 101 Å². The summed E-state index contributed by atoms with van der Waals surface area (Å²) in [5.74, 6) is -0.190. The van der Waals surface area contributed by atoms with E-state index >= 15 is 0 Å². The highest BCUT2D eigenvalue weighted by atomic mass is 16.6. The molecule has 0 spiro atoms. The summed E-state index contributed by atoms with van der Waals surface area (Å²) in [6.07, 6.45) is 0. The summed E-state index contributed by atoms with van der Waals surface area (Å²) in [6, 6.07) is 11.8. The average Bonchev–Trinajstić information content (AvgIpc) is 2.87. The Bertz CT molecular complexity index is 948. The molecule has 0 bridgehead atoms. The maximum Gasteiger partial charge on any atom is 0.320 e. The second kappa shape index (κ2) is 5.02. The number of rotatable bonds is 2. The first-order valence-electron chi connectivity index (χ1n) is 7.26. The number of amides is 2. The number of ketones is 1. The number of nitro groups is 1. The van der Waals surface area contributed by atoms with Crippen LogP contribution in [0.1, 0.15) is 27.5 Å². The Kier molecular flexibility index (Phi) is 2.96. The van der Waals surface area contributed by atoms with Crippen molar-refractivity contribution >= 4 is 23.2 Å². The molecular formula is C17H11N3O4. The number of benzene rings is 2. The van der Waals surface area contributed by atoms with Gasteiger partial charge in [0, 0.05) is 23.3 Å². The molecule has 2 amide bonds. The van der Waals surface area contributed by atoms with Crippen LogP contribution in [0.2, 0.25) is 0 Å². The van der Waals surface area contributed by atoms with E-state index < -0.39 is 17.0 Å². The lowest BCUT2D eigenvalue weighted by molar-refractivity contribution is -0.384. The summed E-state index contributed by atoms with van der Waals surface area (Å²) in [5, 5.41) is 16.4. The van der Waals surface area contributed by atoms with Crippen LogP contribution in [-0.4, -0.2) is 16.7 Å². The van der Waals surface area contributed by atoms with Gasteiger partial charge in [0.2, 0.25) is 0 Å². The maximum atomic E-state index is 12.8. The summed E-state index contributed by atoms with van der Waals surface area (Å²) in [7, 11) is 0. The number of carbonyl (C=O) groups excluding carboxylic acids is 2. The molecule has 118 valence electrons. The third kappa shape index (κ3) is 1.98. The van der Waals surface area contributed by atoms with Crippen LogP contribution in [0.25, 0.3) is 5.70 Å². The van der Waals surface area contributed by atoms with Crippen LogP contribution < -0.4 is 10.6 Å². The van der Waals surface area contributed by atoms with Crippen molar-refractivity contribution in [2.24, 2.45) is 0 Å². The summed E-state index contributed by atoms with van der Waals surface area (Å²) in [4.78, 5) is 35.3. The van der Waals surface area contributed by atoms with Crippen molar-refractivity contribution in [2.45, 2.75) is 6.04 Å². The molecule has 0 aromatic heterocycles. The number of nitro benzene ring substituents is 1. The molecule has 1 heterocycles. The van der Waals surface area contributed by atoms with E-state index in [1.807, 2.05) is 0 Å². The quantitative estimate of drug-likeness (QED) is 0.655. The number of carbonyl (C=O) groups is 2. The molecule has 0 fully saturated rings. The molecule has 1 atom stereocenters. The molecule has 2 N–H and O–H groups in total. The highest BCUT2D eigenvalue weighted by Crippen LogP contribution is 2.40. The van der Waals surface area contributed by atoms with Crippen molar-refractivity contribution in [1.82, 2.24) is 10.6 Å².